The van der Waals surface area contributed by atoms with Gasteiger partial charge in [-0.2, -0.15) is 0 Å². The van der Waals surface area contributed by atoms with Gasteiger partial charge in [-0.25, -0.2) is 14.2 Å². The molecule has 0 saturated carbocycles. The molecule has 21 heavy (non-hydrogen) atoms. The Balaban J connectivity index is 1.98. The molecule has 0 aliphatic carbocycles. The zero-order valence-corrected chi connectivity index (χ0v) is 11.3. The van der Waals surface area contributed by atoms with Gasteiger partial charge in [-0.3, -0.25) is 0 Å². The maximum Gasteiger partial charge on any atom is 0.363 e. The van der Waals surface area contributed by atoms with E-state index in [9.17, 15) is 9.18 Å². The van der Waals surface area contributed by atoms with Crippen LogP contribution in [0, 0.1) is 12.7 Å². The van der Waals surface area contributed by atoms with Gasteiger partial charge in [0.05, 0.1) is 0 Å². The topological polar surface area (TPSA) is 38.7 Å². The molecule has 2 aromatic carbocycles. The highest BCUT2D eigenvalue weighted by molar-refractivity contribution is 6.12. The summed E-state index contributed by atoms with van der Waals surface area (Å²) >= 11 is 0. The molecular weight excluding hydrogens is 269 g/mol. The van der Waals surface area contributed by atoms with Gasteiger partial charge in [0.25, 0.3) is 0 Å². The molecule has 3 rings (SSSR count). The summed E-state index contributed by atoms with van der Waals surface area (Å²) in [6.45, 7) is 1.95. The van der Waals surface area contributed by atoms with Crippen molar-refractivity contribution in [3.8, 4) is 0 Å². The Kier molecular flexibility index (Phi) is 3.36. The number of rotatable bonds is 2. The van der Waals surface area contributed by atoms with E-state index in [2.05, 4.69) is 4.99 Å². The SMILES string of the molecule is Cc1ccccc1/C=C1/N=C(c2cccc(F)c2)OC1=O. The van der Waals surface area contributed by atoms with Gasteiger partial charge in [0, 0.05) is 5.56 Å². The molecule has 3 nitrogen and oxygen atoms in total. The third-order valence-electron chi connectivity index (χ3n) is 3.17. The quantitative estimate of drug-likeness (QED) is 0.624. The number of hydrogen-bond acceptors (Lipinski definition) is 3. The molecule has 0 amide bonds. The van der Waals surface area contributed by atoms with Crippen LogP contribution in [0.1, 0.15) is 16.7 Å². The average molecular weight is 281 g/mol. The van der Waals surface area contributed by atoms with Gasteiger partial charge in [0.1, 0.15) is 5.82 Å². The Hall–Kier alpha value is -2.75. The highest BCUT2D eigenvalue weighted by Gasteiger charge is 2.24. The Morgan fingerprint density at radius 1 is 1.14 bits per heavy atom. The third kappa shape index (κ3) is 2.74. The second-order valence-corrected chi connectivity index (χ2v) is 4.70. The van der Waals surface area contributed by atoms with Crippen molar-refractivity contribution in [1.29, 1.82) is 0 Å². The maximum absolute atomic E-state index is 13.2. The molecule has 1 aliphatic heterocycles. The van der Waals surface area contributed by atoms with Crippen LogP contribution in [0.2, 0.25) is 0 Å². The molecule has 0 spiro atoms. The molecule has 1 heterocycles. The molecule has 0 fully saturated rings. The average Bonchev–Trinajstić information content (AvgIpc) is 2.83. The van der Waals surface area contributed by atoms with E-state index in [4.69, 9.17) is 4.74 Å². The fourth-order valence-electron chi connectivity index (χ4n) is 2.05. The predicted octanol–water partition coefficient (Wildman–Crippen LogP) is 3.48. The minimum Gasteiger partial charge on any atom is -0.402 e. The Morgan fingerprint density at radius 3 is 2.71 bits per heavy atom. The zero-order valence-electron chi connectivity index (χ0n) is 11.3. The number of halogens is 1. The molecule has 0 radical (unpaired) electrons. The van der Waals surface area contributed by atoms with Gasteiger partial charge in [0.2, 0.25) is 5.90 Å². The summed E-state index contributed by atoms with van der Waals surface area (Å²) < 4.78 is 18.3. The van der Waals surface area contributed by atoms with Gasteiger partial charge in [-0.05, 0) is 42.3 Å². The third-order valence-corrected chi connectivity index (χ3v) is 3.17. The van der Waals surface area contributed by atoms with Crippen molar-refractivity contribution in [3.05, 3.63) is 76.7 Å². The summed E-state index contributed by atoms with van der Waals surface area (Å²) in [6, 6.07) is 13.4. The van der Waals surface area contributed by atoms with Crippen molar-refractivity contribution in [2.75, 3.05) is 0 Å². The van der Waals surface area contributed by atoms with E-state index < -0.39 is 11.8 Å². The summed E-state index contributed by atoms with van der Waals surface area (Å²) in [6.07, 6.45) is 1.67. The van der Waals surface area contributed by atoms with Crippen LogP contribution in [0.5, 0.6) is 0 Å². The number of aryl methyl sites for hydroxylation is 1. The fourth-order valence-corrected chi connectivity index (χ4v) is 2.05. The van der Waals surface area contributed by atoms with Crippen LogP contribution in [-0.4, -0.2) is 11.9 Å². The first-order valence-electron chi connectivity index (χ1n) is 6.47. The summed E-state index contributed by atoms with van der Waals surface area (Å²) in [5, 5.41) is 0. The Bertz CT molecular complexity index is 778. The molecule has 104 valence electrons. The van der Waals surface area contributed by atoms with Crippen LogP contribution in [-0.2, 0) is 9.53 Å². The number of carbonyl (C=O) groups is 1. The van der Waals surface area contributed by atoms with Gasteiger partial charge >= 0.3 is 5.97 Å². The lowest BCUT2D eigenvalue weighted by atomic mass is 10.1. The van der Waals surface area contributed by atoms with E-state index in [1.54, 1.807) is 18.2 Å². The normalized spacial score (nSPS) is 16.0. The molecule has 1 aliphatic rings. The lowest BCUT2D eigenvalue weighted by Crippen LogP contribution is -2.05. The zero-order chi connectivity index (χ0) is 14.8. The van der Waals surface area contributed by atoms with Gasteiger partial charge < -0.3 is 4.74 Å². The lowest BCUT2D eigenvalue weighted by Gasteiger charge is -1.98. The van der Waals surface area contributed by atoms with Crippen LogP contribution in [0.3, 0.4) is 0 Å². The molecule has 2 aromatic rings. The molecule has 0 atom stereocenters. The second kappa shape index (κ2) is 5.32. The number of benzene rings is 2. The first-order chi connectivity index (χ1) is 10.1. The van der Waals surface area contributed by atoms with E-state index >= 15 is 0 Å². The summed E-state index contributed by atoms with van der Waals surface area (Å²) in [5.41, 5.74) is 2.58. The van der Waals surface area contributed by atoms with Crippen molar-refractivity contribution in [1.82, 2.24) is 0 Å². The number of esters is 1. The number of hydrogen-bond donors (Lipinski definition) is 0. The first-order valence-corrected chi connectivity index (χ1v) is 6.47. The largest absolute Gasteiger partial charge is 0.402 e. The molecule has 0 unspecified atom stereocenters. The van der Waals surface area contributed by atoms with E-state index in [0.29, 0.717) is 5.56 Å². The number of aliphatic imine (C=N–C) groups is 1. The number of ether oxygens (including phenoxy) is 1. The van der Waals surface area contributed by atoms with Gasteiger partial charge in [-0.1, -0.05) is 30.3 Å². The van der Waals surface area contributed by atoms with Crippen molar-refractivity contribution >= 4 is 17.9 Å². The van der Waals surface area contributed by atoms with Crippen LogP contribution in [0.25, 0.3) is 6.08 Å². The molecule has 4 heteroatoms. The maximum atomic E-state index is 13.2. The Labute approximate surface area is 121 Å². The van der Waals surface area contributed by atoms with Crippen molar-refractivity contribution in [3.63, 3.8) is 0 Å². The highest BCUT2D eigenvalue weighted by atomic mass is 19.1. The molecular formula is C17H12FNO2. The Morgan fingerprint density at radius 2 is 1.95 bits per heavy atom. The van der Waals surface area contributed by atoms with Gasteiger partial charge in [0.15, 0.2) is 5.70 Å². The van der Waals surface area contributed by atoms with Crippen LogP contribution in [0.15, 0.2) is 59.2 Å². The first kappa shape index (κ1) is 13.2. The monoisotopic (exact) mass is 281 g/mol. The minimum absolute atomic E-state index is 0.124. The standard InChI is InChI=1S/C17H12FNO2/c1-11-5-2-3-6-12(11)10-15-17(20)21-16(19-15)13-7-4-8-14(18)9-13/h2-10H,1H3/b15-10+. The molecule has 0 aromatic heterocycles. The van der Waals surface area contributed by atoms with E-state index in [-0.39, 0.29) is 11.6 Å². The van der Waals surface area contributed by atoms with E-state index in [0.717, 1.165) is 11.1 Å². The van der Waals surface area contributed by atoms with E-state index in [1.807, 2.05) is 31.2 Å². The van der Waals surface area contributed by atoms with Crippen LogP contribution >= 0.6 is 0 Å². The second-order valence-electron chi connectivity index (χ2n) is 4.70. The fraction of sp³-hybridized carbons (Fsp3) is 0.0588. The smallest absolute Gasteiger partial charge is 0.363 e. The number of cyclic esters (lactones) is 1. The predicted molar refractivity (Wildman–Crippen MR) is 78.2 cm³/mol. The lowest BCUT2D eigenvalue weighted by molar-refractivity contribution is -0.129. The number of nitrogens with zero attached hydrogens (tertiary/aromatic N) is 1. The van der Waals surface area contributed by atoms with Crippen molar-refractivity contribution in [2.24, 2.45) is 4.99 Å². The summed E-state index contributed by atoms with van der Waals surface area (Å²) in [7, 11) is 0. The summed E-state index contributed by atoms with van der Waals surface area (Å²) in [5.74, 6) is -0.806. The number of carbonyl (C=O) groups excluding carboxylic acids is 1. The summed E-state index contributed by atoms with van der Waals surface area (Å²) in [4.78, 5) is 16.0. The minimum atomic E-state index is -0.530. The van der Waals surface area contributed by atoms with Gasteiger partial charge in [-0.15, -0.1) is 0 Å². The van der Waals surface area contributed by atoms with Crippen LogP contribution < -0.4 is 0 Å². The van der Waals surface area contributed by atoms with E-state index in [1.165, 1.54) is 12.1 Å². The highest BCUT2D eigenvalue weighted by Crippen LogP contribution is 2.20. The van der Waals surface area contributed by atoms with Crippen molar-refractivity contribution < 1.29 is 13.9 Å². The molecule has 0 saturated heterocycles. The van der Waals surface area contributed by atoms with Crippen molar-refractivity contribution in [2.45, 2.75) is 6.92 Å². The van der Waals surface area contributed by atoms with Crippen LogP contribution in [0.4, 0.5) is 4.39 Å². The molecule has 0 N–H and O–H groups in total. The molecule has 0 bridgehead atoms.